The summed E-state index contributed by atoms with van der Waals surface area (Å²) in [6.07, 6.45) is 4.45. The van der Waals surface area contributed by atoms with Crippen molar-refractivity contribution >= 4 is 5.91 Å². The second kappa shape index (κ2) is 6.49. The molecule has 3 rings (SSSR count). The molecular formula is C19H21FN2O. The van der Waals surface area contributed by atoms with Crippen molar-refractivity contribution < 1.29 is 9.18 Å². The highest BCUT2D eigenvalue weighted by molar-refractivity contribution is 6.00. The zero-order valence-electron chi connectivity index (χ0n) is 13.6. The molecule has 1 saturated heterocycles. The third-order valence-corrected chi connectivity index (χ3v) is 4.47. The first kappa shape index (κ1) is 15.7. The van der Waals surface area contributed by atoms with E-state index in [0.717, 1.165) is 30.5 Å². The number of pyridine rings is 1. The molecule has 23 heavy (non-hydrogen) atoms. The lowest BCUT2D eigenvalue weighted by atomic mass is 9.97. The van der Waals surface area contributed by atoms with Crippen molar-refractivity contribution in [3.05, 3.63) is 53.5 Å². The number of carbonyl (C=O) groups is 1. The molecule has 0 spiro atoms. The van der Waals surface area contributed by atoms with Crippen LogP contribution in [0.25, 0.3) is 11.3 Å². The normalized spacial score (nSPS) is 18.0. The van der Waals surface area contributed by atoms with Gasteiger partial charge in [0.1, 0.15) is 5.82 Å². The number of benzene rings is 1. The van der Waals surface area contributed by atoms with Crippen LogP contribution in [0.1, 0.15) is 42.1 Å². The Kier molecular flexibility index (Phi) is 4.42. The van der Waals surface area contributed by atoms with Crippen LogP contribution in [0, 0.1) is 12.7 Å². The molecule has 1 aliphatic rings. The Morgan fingerprint density at radius 2 is 2.09 bits per heavy atom. The van der Waals surface area contributed by atoms with Crippen molar-refractivity contribution in [2.75, 3.05) is 6.54 Å². The SMILES string of the molecule is Cc1ccc(-c2ccc(F)cn2)c(C(=O)N2CCCCC2C)c1. The third kappa shape index (κ3) is 3.26. The van der Waals surface area contributed by atoms with Gasteiger partial charge in [-0.2, -0.15) is 0 Å². The summed E-state index contributed by atoms with van der Waals surface area (Å²) in [7, 11) is 0. The molecule has 0 N–H and O–H groups in total. The highest BCUT2D eigenvalue weighted by Gasteiger charge is 2.26. The monoisotopic (exact) mass is 312 g/mol. The summed E-state index contributed by atoms with van der Waals surface area (Å²) in [5, 5.41) is 0. The first-order chi connectivity index (χ1) is 11.1. The molecule has 1 atom stereocenters. The summed E-state index contributed by atoms with van der Waals surface area (Å²) in [6, 6.07) is 9.01. The number of amides is 1. The van der Waals surface area contributed by atoms with Crippen LogP contribution >= 0.6 is 0 Å². The largest absolute Gasteiger partial charge is 0.336 e. The van der Waals surface area contributed by atoms with Crippen LogP contribution < -0.4 is 0 Å². The highest BCUT2D eigenvalue weighted by atomic mass is 19.1. The molecule has 0 bridgehead atoms. The standard InChI is InChI=1S/C19H21FN2O/c1-13-6-8-16(18-9-7-15(20)12-21-18)17(11-13)19(23)22-10-4-3-5-14(22)2/h6-9,11-12,14H,3-5,10H2,1-2H3. The molecule has 120 valence electrons. The minimum Gasteiger partial charge on any atom is -0.336 e. The Bertz CT molecular complexity index is 712. The van der Waals surface area contributed by atoms with Crippen LogP contribution in [-0.4, -0.2) is 28.4 Å². The molecular weight excluding hydrogens is 291 g/mol. The molecule has 1 fully saturated rings. The van der Waals surface area contributed by atoms with E-state index in [4.69, 9.17) is 0 Å². The zero-order valence-corrected chi connectivity index (χ0v) is 13.6. The molecule has 2 aromatic rings. The second-order valence-electron chi connectivity index (χ2n) is 6.25. The van der Waals surface area contributed by atoms with Crippen molar-refractivity contribution in [1.82, 2.24) is 9.88 Å². The van der Waals surface area contributed by atoms with E-state index < -0.39 is 0 Å². The average Bonchev–Trinajstić information content (AvgIpc) is 2.55. The zero-order chi connectivity index (χ0) is 16.4. The minimum atomic E-state index is -0.376. The number of hydrogen-bond acceptors (Lipinski definition) is 2. The molecule has 3 nitrogen and oxygen atoms in total. The quantitative estimate of drug-likeness (QED) is 0.832. The van der Waals surface area contributed by atoms with Gasteiger partial charge in [-0.05, 0) is 51.3 Å². The third-order valence-electron chi connectivity index (χ3n) is 4.47. The first-order valence-electron chi connectivity index (χ1n) is 8.10. The van der Waals surface area contributed by atoms with Gasteiger partial charge in [0.2, 0.25) is 0 Å². The van der Waals surface area contributed by atoms with Crippen molar-refractivity contribution in [2.45, 2.75) is 39.2 Å². The maximum atomic E-state index is 13.1. The van der Waals surface area contributed by atoms with Gasteiger partial charge in [-0.3, -0.25) is 9.78 Å². The van der Waals surface area contributed by atoms with Crippen LogP contribution in [0.3, 0.4) is 0 Å². The maximum Gasteiger partial charge on any atom is 0.254 e. The van der Waals surface area contributed by atoms with Crippen molar-refractivity contribution in [3.63, 3.8) is 0 Å². The number of rotatable bonds is 2. The minimum absolute atomic E-state index is 0.0435. The van der Waals surface area contributed by atoms with Crippen LogP contribution in [-0.2, 0) is 0 Å². The number of likely N-dealkylation sites (tertiary alicyclic amines) is 1. The lowest BCUT2D eigenvalue weighted by Crippen LogP contribution is -2.42. The fourth-order valence-electron chi connectivity index (χ4n) is 3.15. The van der Waals surface area contributed by atoms with Gasteiger partial charge in [0, 0.05) is 23.7 Å². The van der Waals surface area contributed by atoms with Gasteiger partial charge < -0.3 is 4.90 Å². The molecule has 1 amide bonds. The predicted octanol–water partition coefficient (Wildman–Crippen LogP) is 4.21. The maximum absolute atomic E-state index is 13.1. The highest BCUT2D eigenvalue weighted by Crippen LogP contribution is 2.27. The molecule has 1 aromatic carbocycles. The van der Waals surface area contributed by atoms with E-state index in [1.807, 2.05) is 30.0 Å². The molecule has 4 heteroatoms. The van der Waals surface area contributed by atoms with Crippen LogP contribution in [0.5, 0.6) is 0 Å². The molecule has 0 radical (unpaired) electrons. The average molecular weight is 312 g/mol. The molecule has 0 aliphatic carbocycles. The molecule has 0 saturated carbocycles. The van der Waals surface area contributed by atoms with E-state index in [2.05, 4.69) is 11.9 Å². The number of hydrogen-bond donors (Lipinski definition) is 0. The lowest BCUT2D eigenvalue weighted by Gasteiger charge is -2.34. The topological polar surface area (TPSA) is 33.2 Å². The van der Waals surface area contributed by atoms with Gasteiger partial charge in [-0.25, -0.2) is 4.39 Å². The summed E-state index contributed by atoms with van der Waals surface area (Å²) in [4.78, 5) is 19.1. The fourth-order valence-corrected chi connectivity index (χ4v) is 3.15. The van der Waals surface area contributed by atoms with Gasteiger partial charge in [0.05, 0.1) is 11.9 Å². The smallest absolute Gasteiger partial charge is 0.254 e. The van der Waals surface area contributed by atoms with E-state index >= 15 is 0 Å². The molecule has 1 unspecified atom stereocenters. The Labute approximate surface area is 136 Å². The number of nitrogens with zero attached hydrogens (tertiary/aromatic N) is 2. The van der Waals surface area contributed by atoms with Gasteiger partial charge in [0.25, 0.3) is 5.91 Å². The van der Waals surface area contributed by atoms with E-state index in [1.165, 1.54) is 18.7 Å². The van der Waals surface area contributed by atoms with Crippen LogP contribution in [0.2, 0.25) is 0 Å². The summed E-state index contributed by atoms with van der Waals surface area (Å²) < 4.78 is 13.1. The van der Waals surface area contributed by atoms with Crippen molar-refractivity contribution in [1.29, 1.82) is 0 Å². The van der Waals surface area contributed by atoms with Gasteiger partial charge in [0.15, 0.2) is 0 Å². The summed E-state index contributed by atoms with van der Waals surface area (Å²) >= 11 is 0. The van der Waals surface area contributed by atoms with Gasteiger partial charge >= 0.3 is 0 Å². The van der Waals surface area contributed by atoms with Gasteiger partial charge in [-0.1, -0.05) is 17.7 Å². The summed E-state index contributed by atoms with van der Waals surface area (Å²) in [6.45, 7) is 4.87. The second-order valence-corrected chi connectivity index (χ2v) is 6.25. The Morgan fingerprint density at radius 3 is 2.78 bits per heavy atom. The van der Waals surface area contributed by atoms with Crippen LogP contribution in [0.4, 0.5) is 4.39 Å². The number of aromatic nitrogens is 1. The number of aryl methyl sites for hydroxylation is 1. The summed E-state index contributed by atoms with van der Waals surface area (Å²) in [5.74, 6) is -0.333. The van der Waals surface area contributed by atoms with Gasteiger partial charge in [-0.15, -0.1) is 0 Å². The molecule has 2 heterocycles. The number of carbonyl (C=O) groups excluding carboxylic acids is 1. The van der Waals surface area contributed by atoms with Crippen LogP contribution in [0.15, 0.2) is 36.5 Å². The number of piperidine rings is 1. The number of halogens is 1. The van der Waals surface area contributed by atoms with Crippen molar-refractivity contribution in [3.8, 4) is 11.3 Å². The molecule has 1 aliphatic heterocycles. The summed E-state index contributed by atoms with van der Waals surface area (Å²) in [5.41, 5.74) is 3.07. The lowest BCUT2D eigenvalue weighted by molar-refractivity contribution is 0.0636. The van der Waals surface area contributed by atoms with E-state index in [9.17, 15) is 9.18 Å². The van der Waals surface area contributed by atoms with E-state index in [-0.39, 0.29) is 17.8 Å². The Balaban J connectivity index is 2.02. The first-order valence-corrected chi connectivity index (χ1v) is 8.10. The van der Waals surface area contributed by atoms with E-state index in [0.29, 0.717) is 11.3 Å². The predicted molar refractivity (Wildman–Crippen MR) is 88.7 cm³/mol. The Hall–Kier alpha value is -2.23. The van der Waals surface area contributed by atoms with E-state index in [1.54, 1.807) is 6.07 Å². The Morgan fingerprint density at radius 1 is 1.26 bits per heavy atom. The fraction of sp³-hybridized carbons (Fsp3) is 0.368. The molecule has 1 aromatic heterocycles. The van der Waals surface area contributed by atoms with Crippen molar-refractivity contribution in [2.24, 2.45) is 0 Å².